The van der Waals surface area contributed by atoms with Crippen LogP contribution in [-0.2, 0) is 0 Å². The molecule has 0 radical (unpaired) electrons. The van der Waals surface area contributed by atoms with Gasteiger partial charge in [-0.1, -0.05) is 30.3 Å². The average molecular weight is 251 g/mol. The van der Waals surface area contributed by atoms with E-state index in [0.717, 1.165) is 11.1 Å². The van der Waals surface area contributed by atoms with Crippen LogP contribution in [0.2, 0.25) is 0 Å². The van der Waals surface area contributed by atoms with Gasteiger partial charge in [0.15, 0.2) is 5.78 Å². The molecule has 1 amide bonds. The molecule has 0 spiro atoms. The van der Waals surface area contributed by atoms with Gasteiger partial charge in [-0.05, 0) is 30.2 Å². The molecule has 0 bridgehead atoms. The summed E-state index contributed by atoms with van der Waals surface area (Å²) in [6, 6.07) is 12.8. The number of ketones is 1. The van der Waals surface area contributed by atoms with Crippen molar-refractivity contribution in [2.75, 3.05) is 6.54 Å². The van der Waals surface area contributed by atoms with Crippen molar-refractivity contribution in [2.45, 2.75) is 6.92 Å². The molecule has 3 heteroatoms. The lowest BCUT2D eigenvalue weighted by Gasteiger charge is -2.04. The minimum absolute atomic E-state index is 0.00301. The molecular formula is C16H13NO2. The number of nitrogens with one attached hydrogen (secondary N) is 1. The van der Waals surface area contributed by atoms with Crippen molar-refractivity contribution in [1.29, 1.82) is 0 Å². The highest BCUT2D eigenvalue weighted by molar-refractivity contribution is 6.22. The summed E-state index contributed by atoms with van der Waals surface area (Å²) in [5.41, 5.74) is 3.72. The van der Waals surface area contributed by atoms with Gasteiger partial charge in [-0.15, -0.1) is 0 Å². The smallest absolute Gasteiger partial charge is 0.251 e. The topological polar surface area (TPSA) is 46.2 Å². The molecule has 0 saturated carbocycles. The molecular weight excluding hydrogens is 238 g/mol. The van der Waals surface area contributed by atoms with Gasteiger partial charge in [0.25, 0.3) is 5.91 Å². The molecule has 19 heavy (non-hydrogen) atoms. The summed E-state index contributed by atoms with van der Waals surface area (Å²) in [5, 5.41) is 2.74. The van der Waals surface area contributed by atoms with Gasteiger partial charge < -0.3 is 5.32 Å². The second-order valence-corrected chi connectivity index (χ2v) is 4.49. The minimum Gasteiger partial charge on any atom is -0.352 e. The molecule has 0 aromatic heterocycles. The Morgan fingerprint density at radius 1 is 1.00 bits per heavy atom. The standard InChI is InChI=1S/C16H13NO2/c1-2-17-16(19)10-7-8-12-11-5-3-4-6-13(11)15(18)14(12)9-10/h3-9H,2H2,1H3,(H,17,19). The number of hydrogen-bond acceptors (Lipinski definition) is 2. The number of benzene rings is 2. The molecule has 1 N–H and O–H groups in total. The molecule has 0 saturated heterocycles. The van der Waals surface area contributed by atoms with Crippen LogP contribution < -0.4 is 5.32 Å². The number of fused-ring (bicyclic) bond motifs is 3. The number of rotatable bonds is 2. The van der Waals surface area contributed by atoms with Crippen molar-refractivity contribution >= 4 is 11.7 Å². The quantitative estimate of drug-likeness (QED) is 0.761. The zero-order chi connectivity index (χ0) is 13.4. The van der Waals surface area contributed by atoms with Crippen molar-refractivity contribution in [2.24, 2.45) is 0 Å². The first-order chi connectivity index (χ1) is 9.22. The van der Waals surface area contributed by atoms with Crippen LogP contribution in [0.15, 0.2) is 42.5 Å². The Bertz CT molecular complexity index is 689. The monoisotopic (exact) mass is 251 g/mol. The van der Waals surface area contributed by atoms with Crippen LogP contribution in [0.5, 0.6) is 0 Å². The Hall–Kier alpha value is -2.42. The van der Waals surface area contributed by atoms with E-state index in [2.05, 4.69) is 5.32 Å². The number of carbonyl (C=O) groups is 2. The Morgan fingerprint density at radius 2 is 1.68 bits per heavy atom. The van der Waals surface area contributed by atoms with Gasteiger partial charge in [0.2, 0.25) is 0 Å². The lowest BCUT2D eigenvalue weighted by Crippen LogP contribution is -2.22. The number of carbonyl (C=O) groups excluding carboxylic acids is 2. The summed E-state index contributed by atoms with van der Waals surface area (Å²) in [4.78, 5) is 24.1. The van der Waals surface area contributed by atoms with E-state index >= 15 is 0 Å². The molecule has 0 atom stereocenters. The zero-order valence-corrected chi connectivity index (χ0v) is 10.6. The Kier molecular flexibility index (Phi) is 2.67. The normalized spacial score (nSPS) is 11.9. The number of hydrogen-bond donors (Lipinski definition) is 1. The van der Waals surface area contributed by atoms with Crippen LogP contribution in [0.1, 0.15) is 33.2 Å². The number of amides is 1. The van der Waals surface area contributed by atoms with E-state index in [1.165, 1.54) is 0 Å². The fourth-order valence-electron chi connectivity index (χ4n) is 2.43. The molecule has 0 heterocycles. The molecule has 94 valence electrons. The van der Waals surface area contributed by atoms with Crippen molar-refractivity contribution in [3.63, 3.8) is 0 Å². The lowest BCUT2D eigenvalue weighted by molar-refractivity contribution is 0.0956. The zero-order valence-electron chi connectivity index (χ0n) is 10.6. The van der Waals surface area contributed by atoms with E-state index in [0.29, 0.717) is 23.2 Å². The molecule has 3 rings (SSSR count). The second kappa shape index (κ2) is 4.35. The van der Waals surface area contributed by atoms with Crippen LogP contribution in [-0.4, -0.2) is 18.2 Å². The Balaban J connectivity index is 2.10. The molecule has 1 aliphatic rings. The van der Waals surface area contributed by atoms with E-state index in [1.54, 1.807) is 12.1 Å². The van der Waals surface area contributed by atoms with E-state index in [1.807, 2.05) is 37.3 Å². The summed E-state index contributed by atoms with van der Waals surface area (Å²) < 4.78 is 0. The fourth-order valence-corrected chi connectivity index (χ4v) is 2.43. The highest BCUT2D eigenvalue weighted by Gasteiger charge is 2.26. The maximum atomic E-state index is 12.3. The summed E-state index contributed by atoms with van der Waals surface area (Å²) >= 11 is 0. The molecule has 0 fully saturated rings. The van der Waals surface area contributed by atoms with Gasteiger partial charge in [0.05, 0.1) is 0 Å². The van der Waals surface area contributed by atoms with E-state index in [9.17, 15) is 9.59 Å². The minimum atomic E-state index is -0.144. The first-order valence-electron chi connectivity index (χ1n) is 6.28. The van der Waals surface area contributed by atoms with Crippen molar-refractivity contribution in [1.82, 2.24) is 5.32 Å². The first kappa shape index (κ1) is 11.7. The van der Waals surface area contributed by atoms with Gasteiger partial charge in [-0.2, -0.15) is 0 Å². The Labute approximate surface area is 111 Å². The largest absolute Gasteiger partial charge is 0.352 e. The molecule has 3 nitrogen and oxygen atoms in total. The van der Waals surface area contributed by atoms with E-state index < -0.39 is 0 Å². The first-order valence-corrected chi connectivity index (χ1v) is 6.28. The van der Waals surface area contributed by atoms with Crippen LogP contribution in [0.3, 0.4) is 0 Å². The molecule has 2 aromatic carbocycles. The predicted molar refractivity (Wildman–Crippen MR) is 73.3 cm³/mol. The van der Waals surface area contributed by atoms with Crippen LogP contribution in [0, 0.1) is 0 Å². The maximum Gasteiger partial charge on any atom is 0.251 e. The third-order valence-electron chi connectivity index (χ3n) is 3.33. The highest BCUT2D eigenvalue weighted by atomic mass is 16.1. The highest BCUT2D eigenvalue weighted by Crippen LogP contribution is 2.36. The van der Waals surface area contributed by atoms with Gasteiger partial charge in [-0.25, -0.2) is 0 Å². The van der Waals surface area contributed by atoms with Gasteiger partial charge >= 0.3 is 0 Å². The molecule has 1 aliphatic carbocycles. The summed E-state index contributed by atoms with van der Waals surface area (Å²) in [7, 11) is 0. The SMILES string of the molecule is CCNC(=O)c1ccc2c(c1)C(=O)c1ccccc1-2. The summed E-state index contributed by atoms with van der Waals surface area (Å²) in [6.07, 6.45) is 0. The van der Waals surface area contributed by atoms with Gasteiger partial charge in [0.1, 0.15) is 0 Å². The third-order valence-corrected chi connectivity index (χ3v) is 3.33. The van der Waals surface area contributed by atoms with E-state index in [-0.39, 0.29) is 11.7 Å². The molecule has 0 aliphatic heterocycles. The second-order valence-electron chi connectivity index (χ2n) is 4.49. The average Bonchev–Trinajstić information content (AvgIpc) is 2.73. The van der Waals surface area contributed by atoms with Gasteiger partial charge in [-0.3, -0.25) is 9.59 Å². The lowest BCUT2D eigenvalue weighted by atomic mass is 10.0. The summed E-state index contributed by atoms with van der Waals surface area (Å²) in [5.74, 6) is -0.147. The van der Waals surface area contributed by atoms with E-state index in [4.69, 9.17) is 0 Å². The van der Waals surface area contributed by atoms with Crippen LogP contribution in [0.4, 0.5) is 0 Å². The van der Waals surface area contributed by atoms with Gasteiger partial charge in [0, 0.05) is 23.2 Å². The van der Waals surface area contributed by atoms with Crippen molar-refractivity contribution in [3.05, 3.63) is 59.2 Å². The van der Waals surface area contributed by atoms with Crippen molar-refractivity contribution < 1.29 is 9.59 Å². The fraction of sp³-hybridized carbons (Fsp3) is 0.125. The molecule has 0 unspecified atom stereocenters. The van der Waals surface area contributed by atoms with Crippen LogP contribution >= 0.6 is 0 Å². The summed E-state index contributed by atoms with van der Waals surface area (Å²) in [6.45, 7) is 2.44. The predicted octanol–water partition coefficient (Wildman–Crippen LogP) is 2.65. The van der Waals surface area contributed by atoms with Crippen molar-refractivity contribution in [3.8, 4) is 11.1 Å². The maximum absolute atomic E-state index is 12.3. The Morgan fingerprint density at radius 3 is 2.42 bits per heavy atom. The molecule has 2 aromatic rings. The third kappa shape index (κ3) is 1.74. The van der Waals surface area contributed by atoms with Crippen LogP contribution in [0.25, 0.3) is 11.1 Å².